The number of rotatable bonds is 6. The first kappa shape index (κ1) is 14.8. The summed E-state index contributed by atoms with van der Waals surface area (Å²) in [6, 6.07) is 1.52. The van der Waals surface area contributed by atoms with Gasteiger partial charge >= 0.3 is 7.60 Å². The first-order valence-corrected chi connectivity index (χ1v) is 7.71. The average Bonchev–Trinajstić information content (AvgIpc) is 2.24. The fourth-order valence-corrected chi connectivity index (χ4v) is 3.37. The number of nitrogens with zero attached hydrogens (tertiary/aromatic N) is 1. The third kappa shape index (κ3) is 4.47. The second-order valence-corrected chi connectivity index (χ2v) is 6.18. The van der Waals surface area contributed by atoms with Crippen molar-refractivity contribution in [2.24, 2.45) is 0 Å². The molecule has 1 aromatic heterocycles. The van der Waals surface area contributed by atoms with Crippen LogP contribution in [0.3, 0.4) is 0 Å². The first-order chi connectivity index (χ1) is 8.00. The summed E-state index contributed by atoms with van der Waals surface area (Å²) in [6.45, 7) is 3.92. The van der Waals surface area contributed by atoms with Gasteiger partial charge in [-0.3, -0.25) is 4.57 Å². The minimum Gasteiger partial charge on any atom is -0.309 e. The summed E-state index contributed by atoms with van der Waals surface area (Å²) >= 11 is 3.18. The van der Waals surface area contributed by atoms with Crippen molar-refractivity contribution in [2.75, 3.05) is 13.2 Å². The average molecular weight is 326 g/mol. The van der Waals surface area contributed by atoms with Crippen molar-refractivity contribution in [1.82, 2.24) is 4.98 Å². The molecule has 1 aromatic rings. The second-order valence-electron chi connectivity index (χ2n) is 3.21. The molecule has 0 aliphatic carbocycles. The number of pyridine rings is 1. The Balaban J connectivity index is 2.93. The van der Waals surface area contributed by atoms with Crippen molar-refractivity contribution in [3.63, 3.8) is 0 Å². The molecule has 0 amide bonds. The summed E-state index contributed by atoms with van der Waals surface area (Å²) in [5, 5.41) is 0. The summed E-state index contributed by atoms with van der Waals surface area (Å²) in [6.07, 6.45) is 1.22. The quantitative estimate of drug-likeness (QED) is 0.590. The summed E-state index contributed by atoms with van der Waals surface area (Å²) < 4.78 is 36.4. The zero-order chi connectivity index (χ0) is 12.9. The van der Waals surface area contributed by atoms with Crippen molar-refractivity contribution >= 4 is 23.5 Å². The Bertz CT molecular complexity index is 420. The highest BCUT2D eigenvalue weighted by Gasteiger charge is 2.26. The lowest BCUT2D eigenvalue weighted by atomic mass is 10.3. The molecule has 0 saturated carbocycles. The van der Waals surface area contributed by atoms with Gasteiger partial charge in [-0.15, -0.1) is 0 Å². The summed E-state index contributed by atoms with van der Waals surface area (Å²) in [7, 11) is -3.29. The number of hydrogen-bond acceptors (Lipinski definition) is 4. The highest BCUT2D eigenvalue weighted by atomic mass is 79.9. The minimum atomic E-state index is -3.29. The predicted molar refractivity (Wildman–Crippen MR) is 66.5 cm³/mol. The van der Waals surface area contributed by atoms with Crippen LogP contribution in [0.2, 0.25) is 0 Å². The monoisotopic (exact) mass is 325 g/mol. The summed E-state index contributed by atoms with van der Waals surface area (Å²) in [4.78, 5) is 3.54. The molecular weight excluding hydrogens is 312 g/mol. The lowest BCUT2D eigenvalue weighted by Gasteiger charge is -2.17. The molecule has 0 N–H and O–H groups in total. The second kappa shape index (κ2) is 6.59. The van der Waals surface area contributed by atoms with Crippen molar-refractivity contribution in [3.05, 3.63) is 28.2 Å². The molecule has 7 heteroatoms. The molecule has 0 aromatic carbocycles. The molecule has 4 nitrogen and oxygen atoms in total. The first-order valence-electron chi connectivity index (χ1n) is 5.18. The van der Waals surface area contributed by atoms with E-state index in [0.717, 1.165) is 0 Å². The lowest BCUT2D eigenvalue weighted by Crippen LogP contribution is -2.01. The van der Waals surface area contributed by atoms with Gasteiger partial charge in [0.1, 0.15) is 0 Å². The van der Waals surface area contributed by atoms with Crippen LogP contribution < -0.4 is 0 Å². The maximum absolute atomic E-state index is 13.4. The van der Waals surface area contributed by atoms with Crippen LogP contribution in [-0.2, 0) is 19.8 Å². The maximum Gasteiger partial charge on any atom is 0.335 e. The highest BCUT2D eigenvalue weighted by Crippen LogP contribution is 2.51. The molecule has 17 heavy (non-hydrogen) atoms. The Kier molecular flexibility index (Phi) is 5.73. The fourth-order valence-electron chi connectivity index (χ4n) is 1.31. The molecule has 0 bridgehead atoms. The van der Waals surface area contributed by atoms with Crippen LogP contribution in [0.15, 0.2) is 16.7 Å². The lowest BCUT2D eigenvalue weighted by molar-refractivity contribution is 0.218. The standard InChI is InChI=1S/C10H14BrFNO3P/c1-3-15-17(14,16-4-2)7-8-5-9(11)6-13-10(8)12/h5-6H,3-4,7H2,1-2H3. The highest BCUT2D eigenvalue weighted by molar-refractivity contribution is 9.10. The largest absolute Gasteiger partial charge is 0.335 e. The van der Waals surface area contributed by atoms with E-state index in [4.69, 9.17) is 9.05 Å². The Morgan fingerprint density at radius 1 is 1.41 bits per heavy atom. The molecule has 1 rings (SSSR count). The van der Waals surface area contributed by atoms with Gasteiger partial charge in [0.2, 0.25) is 5.95 Å². The summed E-state index contributed by atoms with van der Waals surface area (Å²) in [5.74, 6) is -0.659. The van der Waals surface area contributed by atoms with Crippen LogP contribution in [0.1, 0.15) is 19.4 Å². The molecule has 0 atom stereocenters. The third-order valence-electron chi connectivity index (χ3n) is 1.89. The minimum absolute atomic E-state index is 0.118. The van der Waals surface area contributed by atoms with Crippen LogP contribution in [0.25, 0.3) is 0 Å². The van der Waals surface area contributed by atoms with E-state index >= 15 is 0 Å². The van der Waals surface area contributed by atoms with Gasteiger partial charge in [0.25, 0.3) is 0 Å². The fraction of sp³-hybridized carbons (Fsp3) is 0.500. The van der Waals surface area contributed by atoms with Gasteiger partial charge in [-0.2, -0.15) is 4.39 Å². The van der Waals surface area contributed by atoms with Gasteiger partial charge in [-0.1, -0.05) is 0 Å². The Morgan fingerprint density at radius 2 is 2.00 bits per heavy atom. The molecule has 0 radical (unpaired) electrons. The van der Waals surface area contributed by atoms with E-state index < -0.39 is 13.5 Å². The number of hydrogen-bond donors (Lipinski definition) is 0. The molecule has 0 saturated heterocycles. The van der Waals surface area contributed by atoms with Crippen LogP contribution in [0.5, 0.6) is 0 Å². The topological polar surface area (TPSA) is 48.4 Å². The van der Waals surface area contributed by atoms with E-state index in [9.17, 15) is 8.96 Å². The SMILES string of the molecule is CCOP(=O)(Cc1cc(Br)cnc1F)OCC. The van der Waals surface area contributed by atoms with E-state index in [2.05, 4.69) is 20.9 Å². The zero-order valence-corrected chi connectivity index (χ0v) is 12.1. The van der Waals surface area contributed by atoms with E-state index in [1.165, 1.54) is 12.3 Å². The molecular formula is C10H14BrFNO3P. The van der Waals surface area contributed by atoms with E-state index in [1.807, 2.05) is 0 Å². The van der Waals surface area contributed by atoms with E-state index in [-0.39, 0.29) is 24.9 Å². The Morgan fingerprint density at radius 3 is 2.53 bits per heavy atom. The van der Waals surface area contributed by atoms with Gasteiger partial charge in [0.15, 0.2) is 0 Å². The number of halogens is 2. The zero-order valence-electron chi connectivity index (χ0n) is 9.65. The maximum atomic E-state index is 13.4. The van der Waals surface area contributed by atoms with Crippen molar-refractivity contribution in [1.29, 1.82) is 0 Å². The van der Waals surface area contributed by atoms with Crippen molar-refractivity contribution < 1.29 is 18.0 Å². The molecule has 1 heterocycles. The van der Waals surface area contributed by atoms with Crippen LogP contribution in [0, 0.1) is 5.95 Å². The molecule has 96 valence electrons. The van der Waals surface area contributed by atoms with Gasteiger partial charge in [-0.25, -0.2) is 4.98 Å². The molecule has 0 aliphatic rings. The van der Waals surface area contributed by atoms with Crippen LogP contribution in [0.4, 0.5) is 4.39 Å². The van der Waals surface area contributed by atoms with Gasteiger partial charge in [0.05, 0.1) is 19.4 Å². The van der Waals surface area contributed by atoms with Crippen LogP contribution >= 0.6 is 23.5 Å². The summed E-state index contributed by atoms with van der Waals surface area (Å²) in [5.41, 5.74) is 0.213. The van der Waals surface area contributed by atoms with E-state index in [1.54, 1.807) is 13.8 Å². The van der Waals surface area contributed by atoms with Gasteiger partial charge in [0, 0.05) is 16.2 Å². The normalized spacial score (nSPS) is 11.8. The van der Waals surface area contributed by atoms with Gasteiger partial charge in [-0.05, 0) is 35.8 Å². The predicted octanol–water partition coefficient (Wildman–Crippen LogP) is 3.75. The van der Waals surface area contributed by atoms with Crippen LogP contribution in [-0.4, -0.2) is 18.2 Å². The Hall–Kier alpha value is -0.290. The van der Waals surface area contributed by atoms with E-state index in [0.29, 0.717) is 4.47 Å². The molecule has 0 fully saturated rings. The van der Waals surface area contributed by atoms with Crippen molar-refractivity contribution in [2.45, 2.75) is 20.0 Å². The third-order valence-corrected chi connectivity index (χ3v) is 4.36. The smallest absolute Gasteiger partial charge is 0.309 e. The molecule has 0 spiro atoms. The van der Waals surface area contributed by atoms with Gasteiger partial charge < -0.3 is 9.05 Å². The molecule has 0 aliphatic heterocycles. The number of aromatic nitrogens is 1. The molecule has 0 unspecified atom stereocenters. The Labute approximate surface area is 108 Å². The van der Waals surface area contributed by atoms with Crippen molar-refractivity contribution in [3.8, 4) is 0 Å².